The van der Waals surface area contributed by atoms with Gasteiger partial charge in [0.15, 0.2) is 0 Å². The second-order valence-electron chi connectivity index (χ2n) is 5.26. The van der Waals surface area contributed by atoms with Crippen molar-refractivity contribution in [3.8, 4) is 0 Å². The van der Waals surface area contributed by atoms with Crippen LogP contribution < -0.4 is 10.6 Å². The molecule has 0 radical (unpaired) electrons. The highest BCUT2D eigenvalue weighted by atomic mass is 16.2. The van der Waals surface area contributed by atoms with Gasteiger partial charge in [-0.3, -0.25) is 9.69 Å². The molecule has 1 amide bonds. The first-order chi connectivity index (χ1) is 8.09. The minimum absolute atomic E-state index is 0.163. The maximum Gasteiger partial charge on any atom is 0.239 e. The van der Waals surface area contributed by atoms with Gasteiger partial charge in [-0.2, -0.15) is 0 Å². The van der Waals surface area contributed by atoms with E-state index in [1.807, 2.05) is 13.8 Å². The van der Waals surface area contributed by atoms with Gasteiger partial charge in [-0.25, -0.2) is 0 Å². The monoisotopic (exact) mass is 241 g/mol. The number of unbranched alkanes of at least 4 members (excludes halogenated alkanes) is 2. The van der Waals surface area contributed by atoms with Crippen molar-refractivity contribution in [3.63, 3.8) is 0 Å². The molecule has 0 aromatic rings. The lowest BCUT2D eigenvalue weighted by Gasteiger charge is -2.39. The Morgan fingerprint density at radius 2 is 1.94 bits per heavy atom. The summed E-state index contributed by atoms with van der Waals surface area (Å²) >= 11 is 0. The van der Waals surface area contributed by atoms with E-state index in [-0.39, 0.29) is 11.4 Å². The predicted molar refractivity (Wildman–Crippen MR) is 71.1 cm³/mol. The van der Waals surface area contributed by atoms with Crippen LogP contribution in [0.15, 0.2) is 0 Å². The lowest BCUT2D eigenvalue weighted by molar-refractivity contribution is -0.132. The van der Waals surface area contributed by atoms with Crippen molar-refractivity contribution in [2.45, 2.75) is 45.6 Å². The van der Waals surface area contributed by atoms with Gasteiger partial charge in [0.05, 0.1) is 5.54 Å². The number of carbonyl (C=O) groups is 1. The second-order valence-corrected chi connectivity index (χ2v) is 5.26. The van der Waals surface area contributed by atoms with E-state index in [1.54, 1.807) is 0 Å². The molecule has 0 aromatic carbocycles. The molecule has 4 heteroatoms. The van der Waals surface area contributed by atoms with Gasteiger partial charge >= 0.3 is 0 Å². The molecule has 0 aromatic heterocycles. The first kappa shape index (κ1) is 14.5. The Balaban J connectivity index is 2.36. The highest BCUT2D eigenvalue weighted by Crippen LogP contribution is 2.15. The Morgan fingerprint density at radius 3 is 2.53 bits per heavy atom. The molecule has 1 saturated heterocycles. The SMILES string of the molecule is CCCCCNC(=O)C(C)(C)N1CCNCC1. The summed E-state index contributed by atoms with van der Waals surface area (Å²) in [5, 5.41) is 6.37. The molecular formula is C13H27N3O. The first-order valence-corrected chi connectivity index (χ1v) is 6.83. The summed E-state index contributed by atoms with van der Waals surface area (Å²) in [6, 6.07) is 0. The van der Waals surface area contributed by atoms with Gasteiger partial charge in [-0.15, -0.1) is 0 Å². The third-order valence-corrected chi connectivity index (χ3v) is 3.53. The fraction of sp³-hybridized carbons (Fsp3) is 0.923. The molecule has 0 saturated carbocycles. The number of carbonyl (C=O) groups excluding carboxylic acids is 1. The van der Waals surface area contributed by atoms with Crippen molar-refractivity contribution in [1.82, 2.24) is 15.5 Å². The Labute approximate surface area is 105 Å². The normalized spacial score (nSPS) is 18.1. The van der Waals surface area contributed by atoms with Gasteiger partial charge in [-0.05, 0) is 20.3 Å². The Bertz CT molecular complexity index is 235. The summed E-state index contributed by atoms with van der Waals surface area (Å²) in [6.07, 6.45) is 3.46. The van der Waals surface area contributed by atoms with Crippen LogP contribution in [0.4, 0.5) is 0 Å². The van der Waals surface area contributed by atoms with Crippen LogP contribution in [0.1, 0.15) is 40.0 Å². The van der Waals surface area contributed by atoms with Crippen LogP contribution in [0, 0.1) is 0 Å². The molecule has 1 rings (SSSR count). The van der Waals surface area contributed by atoms with E-state index in [1.165, 1.54) is 12.8 Å². The highest BCUT2D eigenvalue weighted by molar-refractivity contribution is 5.85. The molecule has 0 atom stereocenters. The topological polar surface area (TPSA) is 44.4 Å². The Kier molecular flexibility index (Phi) is 5.92. The zero-order chi connectivity index (χ0) is 12.7. The summed E-state index contributed by atoms with van der Waals surface area (Å²) < 4.78 is 0. The van der Waals surface area contributed by atoms with E-state index in [9.17, 15) is 4.79 Å². The largest absolute Gasteiger partial charge is 0.355 e. The van der Waals surface area contributed by atoms with Crippen LogP contribution in [-0.2, 0) is 4.79 Å². The molecule has 100 valence electrons. The molecule has 1 fully saturated rings. The minimum Gasteiger partial charge on any atom is -0.355 e. The summed E-state index contributed by atoms with van der Waals surface area (Å²) in [7, 11) is 0. The van der Waals surface area contributed by atoms with Crippen molar-refractivity contribution in [2.75, 3.05) is 32.7 Å². The Hall–Kier alpha value is -0.610. The number of amides is 1. The number of hydrogen-bond acceptors (Lipinski definition) is 3. The number of nitrogens with one attached hydrogen (secondary N) is 2. The van der Waals surface area contributed by atoms with Crippen molar-refractivity contribution < 1.29 is 4.79 Å². The van der Waals surface area contributed by atoms with Crippen LogP contribution in [0.3, 0.4) is 0 Å². The van der Waals surface area contributed by atoms with E-state index in [0.29, 0.717) is 0 Å². The molecular weight excluding hydrogens is 214 g/mol. The van der Waals surface area contributed by atoms with Gasteiger partial charge < -0.3 is 10.6 Å². The van der Waals surface area contributed by atoms with Crippen LogP contribution >= 0.6 is 0 Å². The molecule has 0 unspecified atom stereocenters. The molecule has 0 spiro atoms. The number of nitrogens with zero attached hydrogens (tertiary/aromatic N) is 1. The van der Waals surface area contributed by atoms with Crippen LogP contribution in [0.25, 0.3) is 0 Å². The van der Waals surface area contributed by atoms with Crippen molar-refractivity contribution in [3.05, 3.63) is 0 Å². The average Bonchev–Trinajstić information content (AvgIpc) is 2.35. The average molecular weight is 241 g/mol. The third-order valence-electron chi connectivity index (χ3n) is 3.53. The maximum absolute atomic E-state index is 12.2. The zero-order valence-corrected chi connectivity index (χ0v) is 11.5. The number of rotatable bonds is 6. The van der Waals surface area contributed by atoms with Crippen molar-refractivity contribution in [2.24, 2.45) is 0 Å². The van der Waals surface area contributed by atoms with E-state index >= 15 is 0 Å². The van der Waals surface area contributed by atoms with Gasteiger partial charge in [0.2, 0.25) is 5.91 Å². The van der Waals surface area contributed by atoms with E-state index < -0.39 is 0 Å². The van der Waals surface area contributed by atoms with Crippen molar-refractivity contribution in [1.29, 1.82) is 0 Å². The number of piperazine rings is 1. The van der Waals surface area contributed by atoms with E-state index in [2.05, 4.69) is 22.5 Å². The van der Waals surface area contributed by atoms with Gasteiger partial charge in [0, 0.05) is 32.7 Å². The molecule has 0 bridgehead atoms. The molecule has 0 aliphatic carbocycles. The van der Waals surface area contributed by atoms with Crippen LogP contribution in [0.2, 0.25) is 0 Å². The fourth-order valence-electron chi connectivity index (χ4n) is 2.16. The van der Waals surface area contributed by atoms with Gasteiger partial charge in [-0.1, -0.05) is 19.8 Å². The highest BCUT2D eigenvalue weighted by Gasteiger charge is 2.34. The molecule has 17 heavy (non-hydrogen) atoms. The fourth-order valence-corrected chi connectivity index (χ4v) is 2.16. The molecule has 1 heterocycles. The van der Waals surface area contributed by atoms with Gasteiger partial charge in [0.1, 0.15) is 0 Å². The maximum atomic E-state index is 12.2. The Morgan fingerprint density at radius 1 is 1.29 bits per heavy atom. The van der Waals surface area contributed by atoms with Gasteiger partial charge in [0.25, 0.3) is 0 Å². The van der Waals surface area contributed by atoms with Crippen LogP contribution in [0.5, 0.6) is 0 Å². The van der Waals surface area contributed by atoms with Crippen LogP contribution in [-0.4, -0.2) is 49.1 Å². The summed E-state index contributed by atoms with van der Waals surface area (Å²) in [5.74, 6) is 0.163. The smallest absolute Gasteiger partial charge is 0.239 e. The molecule has 1 aliphatic rings. The standard InChI is InChI=1S/C13H27N3O/c1-4-5-6-7-15-12(17)13(2,3)16-10-8-14-9-11-16/h14H,4-11H2,1-3H3,(H,15,17). The quantitative estimate of drug-likeness (QED) is 0.681. The summed E-state index contributed by atoms with van der Waals surface area (Å²) in [4.78, 5) is 14.4. The zero-order valence-electron chi connectivity index (χ0n) is 11.5. The first-order valence-electron chi connectivity index (χ1n) is 6.83. The molecule has 1 aliphatic heterocycles. The molecule has 4 nitrogen and oxygen atoms in total. The second kappa shape index (κ2) is 6.97. The molecule has 2 N–H and O–H groups in total. The lowest BCUT2D eigenvalue weighted by atomic mass is 10.0. The predicted octanol–water partition coefficient (Wildman–Crippen LogP) is 0.977. The summed E-state index contributed by atoms with van der Waals surface area (Å²) in [5.41, 5.74) is -0.381. The minimum atomic E-state index is -0.381. The van der Waals surface area contributed by atoms with Crippen molar-refractivity contribution >= 4 is 5.91 Å². The van der Waals surface area contributed by atoms with E-state index in [0.717, 1.165) is 39.1 Å². The number of hydrogen-bond donors (Lipinski definition) is 2. The lowest BCUT2D eigenvalue weighted by Crippen LogP contribution is -2.60. The third kappa shape index (κ3) is 4.28. The summed E-state index contributed by atoms with van der Waals surface area (Å²) in [6.45, 7) is 10.9. The van der Waals surface area contributed by atoms with E-state index in [4.69, 9.17) is 0 Å².